The van der Waals surface area contributed by atoms with Gasteiger partial charge in [-0.3, -0.25) is 4.79 Å². The van der Waals surface area contributed by atoms with Crippen LogP contribution in [0.3, 0.4) is 0 Å². The number of rotatable bonds is 3. The molecule has 0 aliphatic heterocycles. The highest BCUT2D eigenvalue weighted by molar-refractivity contribution is 5.89. The minimum atomic E-state index is -0.987. The van der Waals surface area contributed by atoms with Crippen molar-refractivity contribution in [2.24, 2.45) is 5.10 Å². The maximum absolute atomic E-state index is 12.4. The fraction of sp³-hybridized carbons (Fsp3) is 0.0588. The van der Waals surface area contributed by atoms with E-state index in [9.17, 15) is 9.59 Å². The molecule has 0 saturated carbocycles. The largest absolute Gasteiger partial charge is 0.478 e. The van der Waals surface area contributed by atoms with Crippen LogP contribution in [0.5, 0.6) is 0 Å². The van der Waals surface area contributed by atoms with Gasteiger partial charge in [0.15, 0.2) is 0 Å². The molecule has 0 radical (unpaired) electrons. The molecule has 0 bridgehead atoms. The van der Waals surface area contributed by atoms with Crippen LogP contribution in [0.2, 0.25) is 0 Å². The summed E-state index contributed by atoms with van der Waals surface area (Å²) >= 11 is 0. The molecule has 114 valence electrons. The average molecular weight is 307 g/mol. The van der Waals surface area contributed by atoms with Crippen molar-refractivity contribution in [3.05, 3.63) is 75.8 Å². The van der Waals surface area contributed by atoms with Gasteiger partial charge in [0.1, 0.15) is 5.82 Å². The second-order valence-electron chi connectivity index (χ2n) is 4.96. The number of para-hydroxylation sites is 1. The summed E-state index contributed by atoms with van der Waals surface area (Å²) in [5.41, 5.74) is 1.27. The Labute approximate surface area is 131 Å². The molecule has 23 heavy (non-hydrogen) atoms. The van der Waals surface area contributed by atoms with Gasteiger partial charge in [0.25, 0.3) is 5.56 Å². The number of aromatic carboxylic acids is 1. The summed E-state index contributed by atoms with van der Waals surface area (Å²) in [6, 6.07) is 13.3. The molecule has 0 spiro atoms. The first kappa shape index (κ1) is 14.6. The molecule has 0 aliphatic carbocycles. The minimum Gasteiger partial charge on any atom is -0.478 e. The molecule has 6 nitrogen and oxygen atoms in total. The van der Waals surface area contributed by atoms with E-state index >= 15 is 0 Å². The van der Waals surface area contributed by atoms with Gasteiger partial charge in [-0.2, -0.15) is 9.78 Å². The maximum atomic E-state index is 12.4. The van der Waals surface area contributed by atoms with Crippen molar-refractivity contribution in [1.82, 2.24) is 9.66 Å². The van der Waals surface area contributed by atoms with Crippen molar-refractivity contribution >= 4 is 23.1 Å². The molecular formula is C17H13N3O3. The fourth-order valence-electron chi connectivity index (χ4n) is 2.21. The lowest BCUT2D eigenvalue weighted by atomic mass is 10.1. The molecule has 0 aliphatic rings. The molecule has 0 saturated heterocycles. The number of hydrogen-bond acceptors (Lipinski definition) is 4. The number of benzene rings is 2. The highest BCUT2D eigenvalue weighted by atomic mass is 16.4. The molecule has 3 aromatic rings. The van der Waals surface area contributed by atoms with Crippen LogP contribution in [-0.2, 0) is 0 Å². The Morgan fingerprint density at radius 2 is 1.87 bits per heavy atom. The smallest absolute Gasteiger partial charge is 0.335 e. The Morgan fingerprint density at radius 3 is 2.57 bits per heavy atom. The van der Waals surface area contributed by atoms with E-state index in [-0.39, 0.29) is 11.1 Å². The number of fused-ring (bicyclic) bond motifs is 1. The zero-order chi connectivity index (χ0) is 16.4. The Hall–Kier alpha value is -3.28. The van der Waals surface area contributed by atoms with Crippen LogP contribution >= 0.6 is 0 Å². The lowest BCUT2D eigenvalue weighted by Crippen LogP contribution is -2.20. The van der Waals surface area contributed by atoms with E-state index in [0.717, 1.165) is 0 Å². The molecule has 0 unspecified atom stereocenters. The number of carboxylic acid groups (broad SMARTS) is 1. The van der Waals surface area contributed by atoms with E-state index < -0.39 is 5.97 Å². The van der Waals surface area contributed by atoms with Crippen LogP contribution in [-0.4, -0.2) is 27.0 Å². The molecular weight excluding hydrogens is 294 g/mol. The first-order chi connectivity index (χ1) is 11.1. The summed E-state index contributed by atoms with van der Waals surface area (Å²) in [7, 11) is 0. The first-order valence-electron chi connectivity index (χ1n) is 6.92. The van der Waals surface area contributed by atoms with Gasteiger partial charge in [0.2, 0.25) is 0 Å². The molecule has 0 fully saturated rings. The third-order valence-electron chi connectivity index (χ3n) is 3.40. The van der Waals surface area contributed by atoms with E-state index in [2.05, 4.69) is 10.1 Å². The van der Waals surface area contributed by atoms with E-state index in [1.54, 1.807) is 37.3 Å². The van der Waals surface area contributed by atoms with Gasteiger partial charge < -0.3 is 5.11 Å². The zero-order valence-corrected chi connectivity index (χ0v) is 12.3. The second-order valence-corrected chi connectivity index (χ2v) is 4.96. The summed E-state index contributed by atoms with van der Waals surface area (Å²) in [6.45, 7) is 1.71. The molecule has 1 heterocycles. The predicted molar refractivity (Wildman–Crippen MR) is 87.1 cm³/mol. The summed E-state index contributed by atoms with van der Waals surface area (Å²) in [5, 5.41) is 13.5. The summed E-state index contributed by atoms with van der Waals surface area (Å²) in [4.78, 5) is 27.6. The molecule has 0 atom stereocenters. The normalized spacial score (nSPS) is 11.2. The third-order valence-corrected chi connectivity index (χ3v) is 3.40. The molecule has 3 rings (SSSR count). The van der Waals surface area contributed by atoms with Crippen molar-refractivity contribution in [3.8, 4) is 0 Å². The van der Waals surface area contributed by atoms with Crippen LogP contribution in [0.4, 0.5) is 0 Å². The SMILES string of the molecule is Cc1nc2ccccc2c(=O)n1/N=C/c1ccc(C(=O)O)cc1. The van der Waals surface area contributed by atoms with E-state index in [1.165, 1.54) is 23.0 Å². The second kappa shape index (κ2) is 5.84. The fourth-order valence-corrected chi connectivity index (χ4v) is 2.21. The van der Waals surface area contributed by atoms with Crippen LogP contribution in [0, 0.1) is 6.92 Å². The first-order valence-corrected chi connectivity index (χ1v) is 6.92. The van der Waals surface area contributed by atoms with Crippen molar-refractivity contribution in [1.29, 1.82) is 0 Å². The lowest BCUT2D eigenvalue weighted by Gasteiger charge is -2.05. The quantitative estimate of drug-likeness (QED) is 0.752. The number of carbonyl (C=O) groups is 1. The van der Waals surface area contributed by atoms with E-state index in [1.807, 2.05) is 6.07 Å². The lowest BCUT2D eigenvalue weighted by molar-refractivity contribution is 0.0697. The zero-order valence-electron chi connectivity index (χ0n) is 12.3. The number of aromatic nitrogens is 2. The van der Waals surface area contributed by atoms with E-state index in [4.69, 9.17) is 5.11 Å². The average Bonchev–Trinajstić information content (AvgIpc) is 2.55. The Kier molecular flexibility index (Phi) is 3.72. The highest BCUT2D eigenvalue weighted by Crippen LogP contribution is 2.07. The topological polar surface area (TPSA) is 84.5 Å². The summed E-state index contributed by atoms with van der Waals surface area (Å²) in [5.74, 6) is -0.508. The van der Waals surface area contributed by atoms with Crippen molar-refractivity contribution in [3.63, 3.8) is 0 Å². The van der Waals surface area contributed by atoms with Gasteiger partial charge in [0, 0.05) is 0 Å². The molecule has 1 N–H and O–H groups in total. The van der Waals surface area contributed by atoms with E-state index in [0.29, 0.717) is 22.3 Å². The van der Waals surface area contributed by atoms with Crippen LogP contribution in [0.15, 0.2) is 58.4 Å². The van der Waals surface area contributed by atoms with Gasteiger partial charge in [-0.05, 0) is 36.8 Å². The van der Waals surface area contributed by atoms with Crippen LogP contribution in [0.1, 0.15) is 21.7 Å². The monoisotopic (exact) mass is 307 g/mol. The van der Waals surface area contributed by atoms with Gasteiger partial charge in [-0.25, -0.2) is 9.78 Å². The number of carboxylic acids is 1. The Balaban J connectivity index is 2.00. The van der Waals surface area contributed by atoms with Crippen molar-refractivity contribution in [2.75, 3.05) is 0 Å². The van der Waals surface area contributed by atoms with Gasteiger partial charge in [-0.15, -0.1) is 0 Å². The molecule has 6 heteroatoms. The number of hydrogen-bond donors (Lipinski definition) is 1. The highest BCUT2D eigenvalue weighted by Gasteiger charge is 2.06. The Morgan fingerprint density at radius 1 is 1.17 bits per heavy atom. The van der Waals surface area contributed by atoms with Crippen molar-refractivity contribution < 1.29 is 9.90 Å². The molecule has 0 amide bonds. The van der Waals surface area contributed by atoms with Gasteiger partial charge in [0.05, 0.1) is 22.7 Å². The van der Waals surface area contributed by atoms with Crippen LogP contribution in [0.25, 0.3) is 10.9 Å². The molecule has 2 aromatic carbocycles. The summed E-state index contributed by atoms with van der Waals surface area (Å²) < 4.78 is 1.23. The van der Waals surface area contributed by atoms with Crippen molar-refractivity contribution in [2.45, 2.75) is 6.92 Å². The number of nitrogens with zero attached hydrogens (tertiary/aromatic N) is 3. The number of aryl methyl sites for hydroxylation is 1. The Bertz CT molecular complexity index is 973. The van der Waals surface area contributed by atoms with Gasteiger partial charge >= 0.3 is 5.97 Å². The molecule has 1 aromatic heterocycles. The maximum Gasteiger partial charge on any atom is 0.335 e. The predicted octanol–water partition coefficient (Wildman–Crippen LogP) is 2.29. The van der Waals surface area contributed by atoms with Crippen LogP contribution < -0.4 is 5.56 Å². The standard InChI is InChI=1S/C17H13N3O3/c1-11-19-15-5-3-2-4-14(15)16(21)20(11)18-10-12-6-8-13(9-7-12)17(22)23/h2-10H,1H3,(H,22,23)/b18-10+. The summed E-state index contributed by atoms with van der Waals surface area (Å²) in [6.07, 6.45) is 1.50. The minimum absolute atomic E-state index is 0.197. The third kappa shape index (κ3) is 2.87. The van der Waals surface area contributed by atoms with Gasteiger partial charge in [-0.1, -0.05) is 24.3 Å².